The van der Waals surface area contributed by atoms with Gasteiger partial charge in [0.15, 0.2) is 0 Å². The summed E-state index contributed by atoms with van der Waals surface area (Å²) >= 11 is 0. The third kappa shape index (κ3) is 4.02. The first kappa shape index (κ1) is 14.0. The van der Waals surface area contributed by atoms with Gasteiger partial charge in [-0.05, 0) is 44.9 Å². The van der Waals surface area contributed by atoms with Crippen LogP contribution in [0.3, 0.4) is 0 Å². The largest absolute Gasteiger partial charge is 0.396 e. The minimum absolute atomic E-state index is 0.217. The molecule has 3 heteroatoms. The van der Waals surface area contributed by atoms with E-state index in [1.54, 1.807) is 6.92 Å². The Kier molecular flexibility index (Phi) is 5.45. The van der Waals surface area contributed by atoms with Crippen LogP contribution < -0.4 is 4.90 Å². The van der Waals surface area contributed by atoms with Crippen LogP contribution in [-0.2, 0) is 0 Å². The average molecular weight is 237 g/mol. The number of nitrogens with zero attached hydrogens (tertiary/aromatic N) is 1. The predicted octanol–water partition coefficient (Wildman–Crippen LogP) is 2.34. The number of rotatable bonds is 6. The second-order valence-electron chi connectivity index (χ2n) is 4.63. The highest BCUT2D eigenvalue weighted by Crippen LogP contribution is 2.21. The molecular weight excluding hydrogens is 214 g/mol. The summed E-state index contributed by atoms with van der Waals surface area (Å²) in [5.41, 5.74) is 2.07. The molecule has 96 valence electrons. The molecule has 0 aliphatic rings. The third-order valence-corrected chi connectivity index (χ3v) is 2.89. The van der Waals surface area contributed by atoms with Crippen LogP contribution in [0.5, 0.6) is 0 Å². The molecule has 0 heterocycles. The maximum Gasteiger partial charge on any atom is 0.0761 e. The van der Waals surface area contributed by atoms with Gasteiger partial charge >= 0.3 is 0 Å². The average Bonchev–Trinajstić information content (AvgIpc) is 2.29. The summed E-state index contributed by atoms with van der Waals surface area (Å²) in [6.45, 7) is 7.11. The van der Waals surface area contributed by atoms with E-state index in [2.05, 4.69) is 18.7 Å². The van der Waals surface area contributed by atoms with Gasteiger partial charge in [-0.2, -0.15) is 0 Å². The Morgan fingerprint density at radius 3 is 2.12 bits per heavy atom. The summed E-state index contributed by atoms with van der Waals surface area (Å²) < 4.78 is 0. The van der Waals surface area contributed by atoms with Crippen molar-refractivity contribution >= 4 is 5.69 Å². The smallest absolute Gasteiger partial charge is 0.0761 e. The van der Waals surface area contributed by atoms with E-state index >= 15 is 0 Å². The van der Waals surface area contributed by atoms with Gasteiger partial charge in [-0.25, -0.2) is 0 Å². The van der Waals surface area contributed by atoms with Crippen molar-refractivity contribution in [3.8, 4) is 0 Å². The van der Waals surface area contributed by atoms with Crippen molar-refractivity contribution in [2.24, 2.45) is 0 Å². The van der Waals surface area contributed by atoms with E-state index in [1.165, 1.54) is 0 Å². The van der Waals surface area contributed by atoms with Crippen LogP contribution in [0.1, 0.15) is 38.9 Å². The van der Waals surface area contributed by atoms with Crippen LogP contribution in [0.2, 0.25) is 0 Å². The van der Waals surface area contributed by atoms with Crippen molar-refractivity contribution < 1.29 is 10.2 Å². The molecule has 0 fully saturated rings. The fourth-order valence-corrected chi connectivity index (χ4v) is 1.87. The SMILES string of the molecule is CC(C)N(CCCO)c1ccc([C@@H](C)O)cc1. The molecule has 0 aliphatic heterocycles. The Hall–Kier alpha value is -1.06. The van der Waals surface area contributed by atoms with E-state index in [-0.39, 0.29) is 6.61 Å². The number of hydrogen-bond donors (Lipinski definition) is 2. The van der Waals surface area contributed by atoms with Gasteiger partial charge in [0.2, 0.25) is 0 Å². The van der Waals surface area contributed by atoms with Crippen molar-refractivity contribution in [2.45, 2.75) is 39.3 Å². The summed E-state index contributed by atoms with van der Waals surface area (Å²) in [5.74, 6) is 0. The van der Waals surface area contributed by atoms with Crippen molar-refractivity contribution in [1.29, 1.82) is 0 Å². The predicted molar refractivity (Wildman–Crippen MR) is 71.3 cm³/mol. The molecule has 0 aliphatic carbocycles. The molecule has 0 spiro atoms. The first-order valence-corrected chi connectivity index (χ1v) is 6.21. The normalized spacial score (nSPS) is 12.8. The van der Waals surface area contributed by atoms with E-state index in [0.29, 0.717) is 6.04 Å². The zero-order chi connectivity index (χ0) is 12.8. The molecule has 0 amide bonds. The molecule has 1 rings (SSSR count). The Morgan fingerprint density at radius 2 is 1.71 bits per heavy atom. The first-order valence-electron chi connectivity index (χ1n) is 6.21. The lowest BCUT2D eigenvalue weighted by Crippen LogP contribution is -2.32. The fourth-order valence-electron chi connectivity index (χ4n) is 1.87. The fraction of sp³-hybridized carbons (Fsp3) is 0.571. The highest BCUT2D eigenvalue weighted by atomic mass is 16.3. The van der Waals surface area contributed by atoms with E-state index in [1.807, 2.05) is 24.3 Å². The topological polar surface area (TPSA) is 43.7 Å². The summed E-state index contributed by atoms with van der Waals surface area (Å²) in [6.07, 6.45) is 0.352. The molecular formula is C14H23NO2. The zero-order valence-electron chi connectivity index (χ0n) is 10.9. The molecule has 0 unspecified atom stereocenters. The monoisotopic (exact) mass is 237 g/mol. The Labute approximate surface area is 104 Å². The number of hydrogen-bond acceptors (Lipinski definition) is 3. The van der Waals surface area contributed by atoms with Crippen LogP contribution in [0, 0.1) is 0 Å². The van der Waals surface area contributed by atoms with Gasteiger partial charge in [-0.3, -0.25) is 0 Å². The van der Waals surface area contributed by atoms with Gasteiger partial charge in [0, 0.05) is 24.9 Å². The summed E-state index contributed by atoms with van der Waals surface area (Å²) in [4.78, 5) is 2.25. The molecule has 2 N–H and O–H groups in total. The molecule has 1 atom stereocenters. The molecule has 17 heavy (non-hydrogen) atoms. The maximum absolute atomic E-state index is 9.46. The van der Waals surface area contributed by atoms with Gasteiger partial charge in [-0.15, -0.1) is 0 Å². The van der Waals surface area contributed by atoms with Gasteiger partial charge in [-0.1, -0.05) is 12.1 Å². The molecule has 1 aromatic carbocycles. The standard InChI is InChI=1S/C14H23NO2/c1-11(2)15(9-4-10-16)14-7-5-13(6-8-14)12(3)17/h5-8,11-12,16-17H,4,9-10H2,1-3H3/t12-/m1/s1. The third-order valence-electron chi connectivity index (χ3n) is 2.89. The second-order valence-corrected chi connectivity index (χ2v) is 4.63. The van der Waals surface area contributed by atoms with E-state index < -0.39 is 6.10 Å². The van der Waals surface area contributed by atoms with Crippen molar-refractivity contribution in [3.05, 3.63) is 29.8 Å². The molecule has 1 aromatic rings. The number of aliphatic hydroxyl groups excluding tert-OH is 2. The van der Waals surface area contributed by atoms with Crippen LogP contribution in [0.25, 0.3) is 0 Å². The van der Waals surface area contributed by atoms with Crippen molar-refractivity contribution in [3.63, 3.8) is 0 Å². The van der Waals surface area contributed by atoms with E-state index in [4.69, 9.17) is 5.11 Å². The van der Waals surface area contributed by atoms with E-state index in [0.717, 1.165) is 24.2 Å². The Morgan fingerprint density at radius 1 is 1.12 bits per heavy atom. The van der Waals surface area contributed by atoms with Crippen LogP contribution >= 0.6 is 0 Å². The van der Waals surface area contributed by atoms with Gasteiger partial charge < -0.3 is 15.1 Å². The van der Waals surface area contributed by atoms with Crippen LogP contribution in [-0.4, -0.2) is 29.4 Å². The lowest BCUT2D eigenvalue weighted by molar-refractivity contribution is 0.199. The van der Waals surface area contributed by atoms with Gasteiger partial charge in [0.25, 0.3) is 0 Å². The summed E-state index contributed by atoms with van der Waals surface area (Å²) in [6, 6.07) is 8.36. The zero-order valence-corrected chi connectivity index (χ0v) is 10.9. The summed E-state index contributed by atoms with van der Waals surface area (Å²) in [7, 11) is 0. The minimum atomic E-state index is -0.422. The van der Waals surface area contributed by atoms with Crippen LogP contribution in [0.15, 0.2) is 24.3 Å². The second kappa shape index (κ2) is 6.62. The molecule has 3 nitrogen and oxygen atoms in total. The molecule has 0 bridgehead atoms. The maximum atomic E-state index is 9.46. The van der Waals surface area contributed by atoms with Gasteiger partial charge in [0.05, 0.1) is 6.10 Å². The lowest BCUT2D eigenvalue weighted by atomic mass is 10.1. The molecule has 0 radical (unpaired) electrons. The van der Waals surface area contributed by atoms with Crippen LogP contribution in [0.4, 0.5) is 5.69 Å². The highest BCUT2D eigenvalue weighted by molar-refractivity contribution is 5.48. The molecule has 0 aromatic heterocycles. The molecule has 0 saturated carbocycles. The van der Waals surface area contributed by atoms with E-state index in [9.17, 15) is 5.11 Å². The lowest BCUT2D eigenvalue weighted by Gasteiger charge is -2.29. The minimum Gasteiger partial charge on any atom is -0.396 e. The quantitative estimate of drug-likeness (QED) is 0.798. The Bertz CT molecular complexity index is 319. The van der Waals surface area contributed by atoms with Crippen molar-refractivity contribution in [1.82, 2.24) is 0 Å². The number of benzene rings is 1. The van der Waals surface area contributed by atoms with Crippen molar-refractivity contribution in [2.75, 3.05) is 18.1 Å². The Balaban J connectivity index is 2.80. The van der Waals surface area contributed by atoms with Gasteiger partial charge in [0.1, 0.15) is 0 Å². The number of aliphatic hydroxyl groups is 2. The first-order chi connectivity index (χ1) is 8.06. The summed E-state index contributed by atoms with van der Waals surface area (Å²) in [5, 5.41) is 18.4. The molecule has 0 saturated heterocycles. The number of anilines is 1. The highest BCUT2D eigenvalue weighted by Gasteiger charge is 2.10.